The Hall–Kier alpha value is -2.38. The van der Waals surface area contributed by atoms with Crippen LogP contribution < -0.4 is 0 Å². The number of fused-ring (bicyclic) bond motifs is 1. The summed E-state index contributed by atoms with van der Waals surface area (Å²) in [6.07, 6.45) is 1.58. The molecule has 1 aromatic heterocycles. The average molecular weight is 361 g/mol. The molecule has 8 heteroatoms. The number of hydrogen-bond acceptors (Lipinski definition) is 4. The molecule has 8 nitrogen and oxygen atoms in total. The van der Waals surface area contributed by atoms with Gasteiger partial charge in [-0.1, -0.05) is 13.8 Å². The van der Waals surface area contributed by atoms with Crippen LogP contribution >= 0.6 is 0 Å². The van der Waals surface area contributed by atoms with E-state index in [2.05, 4.69) is 18.9 Å². The smallest absolute Gasteiger partial charge is 0.272 e. The molecule has 2 aliphatic heterocycles. The van der Waals surface area contributed by atoms with Crippen molar-refractivity contribution >= 4 is 17.7 Å². The molecule has 0 spiro atoms. The standard InChI is InChI=1S/C18H27N5O3/c1-5-23-14(6-7-19-23)18(26)22-11-15-17(25)20(10-12(2)3)8-9-21(15)16(24)13(22)4/h6-7,12-13,15H,5,8-11H2,1-4H3/t13-,15-/m0/s1. The summed E-state index contributed by atoms with van der Waals surface area (Å²) in [7, 11) is 0. The molecule has 26 heavy (non-hydrogen) atoms. The highest BCUT2D eigenvalue weighted by molar-refractivity contribution is 5.99. The molecular weight excluding hydrogens is 334 g/mol. The highest BCUT2D eigenvalue weighted by Gasteiger charge is 2.47. The highest BCUT2D eigenvalue weighted by Crippen LogP contribution is 2.24. The first-order valence-electron chi connectivity index (χ1n) is 9.27. The summed E-state index contributed by atoms with van der Waals surface area (Å²) in [5, 5.41) is 4.13. The Morgan fingerprint density at radius 3 is 2.65 bits per heavy atom. The van der Waals surface area contributed by atoms with Crippen LogP contribution in [0.5, 0.6) is 0 Å². The Balaban J connectivity index is 1.84. The predicted molar refractivity (Wildman–Crippen MR) is 95.3 cm³/mol. The van der Waals surface area contributed by atoms with E-state index in [-0.39, 0.29) is 24.3 Å². The van der Waals surface area contributed by atoms with Gasteiger partial charge in [-0.2, -0.15) is 5.10 Å². The van der Waals surface area contributed by atoms with E-state index in [4.69, 9.17) is 0 Å². The van der Waals surface area contributed by atoms with Crippen molar-refractivity contribution in [3.8, 4) is 0 Å². The van der Waals surface area contributed by atoms with Crippen molar-refractivity contribution in [1.82, 2.24) is 24.5 Å². The summed E-state index contributed by atoms with van der Waals surface area (Å²) >= 11 is 0. The number of piperazine rings is 2. The summed E-state index contributed by atoms with van der Waals surface area (Å²) in [5.74, 6) is -0.110. The molecule has 0 N–H and O–H groups in total. The Kier molecular flexibility index (Phi) is 5.02. The second-order valence-corrected chi connectivity index (χ2v) is 7.39. The first-order chi connectivity index (χ1) is 12.3. The molecule has 3 amide bonds. The second-order valence-electron chi connectivity index (χ2n) is 7.39. The number of amides is 3. The van der Waals surface area contributed by atoms with Gasteiger partial charge in [-0.05, 0) is 25.8 Å². The van der Waals surface area contributed by atoms with E-state index in [0.717, 1.165) is 0 Å². The van der Waals surface area contributed by atoms with E-state index >= 15 is 0 Å². The van der Waals surface area contributed by atoms with Gasteiger partial charge in [0.1, 0.15) is 17.8 Å². The molecule has 2 atom stereocenters. The Labute approximate surface area is 153 Å². The molecule has 0 bridgehead atoms. The largest absolute Gasteiger partial charge is 0.339 e. The van der Waals surface area contributed by atoms with Gasteiger partial charge >= 0.3 is 0 Å². The van der Waals surface area contributed by atoms with Gasteiger partial charge in [-0.15, -0.1) is 0 Å². The lowest BCUT2D eigenvalue weighted by Gasteiger charge is -2.48. The van der Waals surface area contributed by atoms with E-state index in [1.54, 1.807) is 28.8 Å². The summed E-state index contributed by atoms with van der Waals surface area (Å²) in [6, 6.07) is 0.486. The van der Waals surface area contributed by atoms with Crippen molar-refractivity contribution in [1.29, 1.82) is 0 Å². The molecule has 1 aromatic rings. The number of rotatable bonds is 4. The molecular formula is C18H27N5O3. The number of nitrogens with zero attached hydrogens (tertiary/aromatic N) is 5. The van der Waals surface area contributed by atoms with Crippen LogP contribution in [-0.2, 0) is 16.1 Å². The number of hydrogen-bond donors (Lipinski definition) is 0. The summed E-state index contributed by atoms with van der Waals surface area (Å²) < 4.78 is 1.61. The molecule has 3 rings (SSSR count). The van der Waals surface area contributed by atoms with Gasteiger partial charge in [0.05, 0.1) is 6.54 Å². The van der Waals surface area contributed by atoms with Crippen LogP contribution in [0, 0.1) is 5.92 Å². The zero-order valence-electron chi connectivity index (χ0n) is 15.9. The van der Waals surface area contributed by atoms with Gasteiger partial charge in [-0.3, -0.25) is 19.1 Å². The van der Waals surface area contributed by atoms with Crippen molar-refractivity contribution in [2.24, 2.45) is 5.92 Å². The fourth-order valence-electron chi connectivity index (χ4n) is 3.79. The van der Waals surface area contributed by atoms with Gasteiger partial charge in [0.2, 0.25) is 11.8 Å². The van der Waals surface area contributed by atoms with E-state index in [1.807, 2.05) is 11.8 Å². The molecule has 0 aromatic carbocycles. The first kappa shape index (κ1) is 18.4. The number of aryl methyl sites for hydroxylation is 1. The lowest BCUT2D eigenvalue weighted by molar-refractivity contribution is -0.160. The third-order valence-corrected chi connectivity index (χ3v) is 5.14. The van der Waals surface area contributed by atoms with Gasteiger partial charge in [0, 0.05) is 32.4 Å². The van der Waals surface area contributed by atoms with Gasteiger partial charge in [0.25, 0.3) is 5.91 Å². The molecule has 2 saturated heterocycles. The molecule has 0 aliphatic carbocycles. The number of carbonyl (C=O) groups is 3. The van der Waals surface area contributed by atoms with Gasteiger partial charge < -0.3 is 14.7 Å². The third kappa shape index (κ3) is 3.08. The van der Waals surface area contributed by atoms with Crippen molar-refractivity contribution < 1.29 is 14.4 Å². The van der Waals surface area contributed by atoms with E-state index < -0.39 is 12.1 Å². The first-order valence-corrected chi connectivity index (χ1v) is 9.27. The summed E-state index contributed by atoms with van der Waals surface area (Å²) in [5.41, 5.74) is 0.447. The Morgan fingerprint density at radius 1 is 1.27 bits per heavy atom. The minimum absolute atomic E-state index is 0.0630. The minimum Gasteiger partial charge on any atom is -0.339 e. The van der Waals surface area contributed by atoms with Crippen molar-refractivity contribution in [3.63, 3.8) is 0 Å². The molecule has 142 valence electrons. The van der Waals surface area contributed by atoms with Crippen molar-refractivity contribution in [3.05, 3.63) is 18.0 Å². The molecule has 2 fully saturated rings. The normalized spacial score (nSPS) is 23.7. The number of aromatic nitrogens is 2. The van der Waals surface area contributed by atoms with Crippen molar-refractivity contribution in [2.75, 3.05) is 26.2 Å². The molecule has 0 saturated carbocycles. The maximum absolute atomic E-state index is 13.0. The number of carbonyl (C=O) groups excluding carboxylic acids is 3. The topological polar surface area (TPSA) is 78.8 Å². The average Bonchev–Trinajstić information content (AvgIpc) is 3.08. The fourth-order valence-corrected chi connectivity index (χ4v) is 3.79. The van der Waals surface area contributed by atoms with Crippen LogP contribution in [0.2, 0.25) is 0 Å². The lowest BCUT2D eigenvalue weighted by atomic mass is 10.0. The van der Waals surface area contributed by atoms with Crippen LogP contribution in [0.3, 0.4) is 0 Å². The maximum Gasteiger partial charge on any atom is 0.272 e. The molecule has 0 unspecified atom stereocenters. The van der Waals surface area contributed by atoms with Crippen LogP contribution in [0.25, 0.3) is 0 Å². The fraction of sp³-hybridized carbons (Fsp3) is 0.667. The highest BCUT2D eigenvalue weighted by atomic mass is 16.2. The minimum atomic E-state index is -0.590. The van der Waals surface area contributed by atoms with Gasteiger partial charge in [-0.25, -0.2) is 0 Å². The molecule has 2 aliphatic rings. The van der Waals surface area contributed by atoms with Crippen LogP contribution in [0.1, 0.15) is 38.2 Å². The van der Waals surface area contributed by atoms with E-state index in [9.17, 15) is 14.4 Å². The third-order valence-electron chi connectivity index (χ3n) is 5.14. The van der Waals surface area contributed by atoms with Gasteiger partial charge in [0.15, 0.2) is 0 Å². The molecule has 0 radical (unpaired) electrons. The zero-order valence-corrected chi connectivity index (χ0v) is 15.9. The van der Waals surface area contributed by atoms with Crippen LogP contribution in [0.15, 0.2) is 12.3 Å². The summed E-state index contributed by atoms with van der Waals surface area (Å²) in [6.45, 7) is 10.3. The lowest BCUT2D eigenvalue weighted by Crippen LogP contribution is -2.70. The van der Waals surface area contributed by atoms with Crippen LogP contribution in [0.4, 0.5) is 0 Å². The predicted octanol–water partition coefficient (Wildman–Crippen LogP) is 0.443. The SMILES string of the molecule is CCn1nccc1C(=O)N1C[C@H]2C(=O)N(CC(C)C)CCN2C(=O)[C@@H]1C. The molecule has 3 heterocycles. The Bertz CT molecular complexity index is 713. The second kappa shape index (κ2) is 7.09. The van der Waals surface area contributed by atoms with Crippen molar-refractivity contribution in [2.45, 2.75) is 46.3 Å². The van der Waals surface area contributed by atoms with E-state index in [0.29, 0.717) is 37.8 Å². The quantitative estimate of drug-likeness (QED) is 0.780. The van der Waals surface area contributed by atoms with Crippen LogP contribution in [-0.4, -0.2) is 80.5 Å². The van der Waals surface area contributed by atoms with E-state index in [1.165, 1.54) is 4.90 Å². The summed E-state index contributed by atoms with van der Waals surface area (Å²) in [4.78, 5) is 43.7. The zero-order chi connectivity index (χ0) is 19.0. The maximum atomic E-state index is 13.0. The Morgan fingerprint density at radius 2 is 2.00 bits per heavy atom. The monoisotopic (exact) mass is 361 g/mol.